The topological polar surface area (TPSA) is 91.2 Å². The third-order valence-corrected chi connectivity index (χ3v) is 4.50. The van der Waals surface area contributed by atoms with Gasteiger partial charge >= 0.3 is 0 Å². The zero-order valence-corrected chi connectivity index (χ0v) is 14.5. The summed E-state index contributed by atoms with van der Waals surface area (Å²) in [6.07, 6.45) is 3.92. The molecule has 2 aromatic rings. The molecule has 3 rings (SSSR count). The maximum Gasteiger partial charge on any atom is 0.251 e. The van der Waals surface area contributed by atoms with E-state index in [1.165, 1.54) is 6.07 Å². The van der Waals surface area contributed by atoms with Crippen LogP contribution in [0.1, 0.15) is 30.1 Å². The Balaban J connectivity index is 1.39. The fraction of sp³-hybridized carbons (Fsp3) is 0.500. The molecule has 0 unspecified atom stereocenters. The number of aromatic amines is 1. The van der Waals surface area contributed by atoms with Gasteiger partial charge in [0, 0.05) is 30.6 Å². The summed E-state index contributed by atoms with van der Waals surface area (Å²) in [6, 6.07) is 5.33. The highest BCUT2D eigenvalue weighted by atomic mass is 16.3. The number of likely N-dealkylation sites (tertiary alicyclic amines) is 1. The van der Waals surface area contributed by atoms with Gasteiger partial charge in [0.25, 0.3) is 5.56 Å². The standard InChI is InChI=1S/C18H24N4O3/c1-13-11-17(23)21-16(20-13)4-7-19-18(24)14-5-8-22(9-6-14)12-15-3-2-10-25-15/h2-3,10-11,14H,4-9,12H2,1H3,(H,19,24)(H,20,21,23). The molecule has 0 atom stereocenters. The number of amides is 1. The second kappa shape index (κ2) is 8.11. The molecule has 1 saturated heterocycles. The number of carbonyl (C=O) groups is 1. The van der Waals surface area contributed by atoms with E-state index >= 15 is 0 Å². The molecule has 0 aliphatic carbocycles. The van der Waals surface area contributed by atoms with Crippen LogP contribution in [0, 0.1) is 12.8 Å². The molecule has 3 heterocycles. The molecule has 1 fully saturated rings. The van der Waals surface area contributed by atoms with E-state index in [0.29, 0.717) is 24.5 Å². The van der Waals surface area contributed by atoms with Crippen molar-refractivity contribution in [3.63, 3.8) is 0 Å². The Hall–Kier alpha value is -2.41. The number of H-pyrrole nitrogens is 1. The molecule has 1 aliphatic heterocycles. The van der Waals surface area contributed by atoms with Gasteiger partial charge in [0.1, 0.15) is 11.6 Å². The van der Waals surface area contributed by atoms with E-state index in [2.05, 4.69) is 20.2 Å². The van der Waals surface area contributed by atoms with Gasteiger partial charge in [0.05, 0.1) is 12.8 Å². The number of carbonyl (C=O) groups excluding carboxylic acids is 1. The first-order valence-electron chi connectivity index (χ1n) is 8.69. The van der Waals surface area contributed by atoms with Crippen molar-refractivity contribution in [1.82, 2.24) is 20.2 Å². The molecule has 0 spiro atoms. The number of aryl methyl sites for hydroxylation is 1. The predicted octanol–water partition coefficient (Wildman–Crippen LogP) is 1.24. The lowest BCUT2D eigenvalue weighted by Gasteiger charge is -2.30. The Morgan fingerprint density at radius 1 is 1.44 bits per heavy atom. The first-order valence-corrected chi connectivity index (χ1v) is 8.69. The molecule has 1 aliphatic rings. The van der Waals surface area contributed by atoms with Gasteiger partial charge in [0.15, 0.2) is 0 Å². The highest BCUT2D eigenvalue weighted by Crippen LogP contribution is 2.19. The summed E-state index contributed by atoms with van der Waals surface area (Å²) in [7, 11) is 0. The van der Waals surface area contributed by atoms with Crippen LogP contribution in [0.4, 0.5) is 0 Å². The quantitative estimate of drug-likeness (QED) is 0.823. The number of rotatable bonds is 6. The number of aromatic nitrogens is 2. The summed E-state index contributed by atoms with van der Waals surface area (Å²) in [6.45, 7) is 4.86. The lowest BCUT2D eigenvalue weighted by Crippen LogP contribution is -2.40. The van der Waals surface area contributed by atoms with Gasteiger partial charge in [-0.15, -0.1) is 0 Å². The minimum absolute atomic E-state index is 0.0531. The van der Waals surface area contributed by atoms with Crippen LogP contribution in [-0.4, -0.2) is 40.4 Å². The first kappa shape index (κ1) is 17.4. The monoisotopic (exact) mass is 344 g/mol. The van der Waals surface area contributed by atoms with Crippen molar-refractivity contribution in [2.45, 2.75) is 32.7 Å². The maximum atomic E-state index is 12.3. The molecule has 0 saturated carbocycles. The molecular formula is C18H24N4O3. The average molecular weight is 344 g/mol. The number of furan rings is 1. The lowest BCUT2D eigenvalue weighted by molar-refractivity contribution is -0.126. The van der Waals surface area contributed by atoms with E-state index in [0.717, 1.165) is 38.2 Å². The van der Waals surface area contributed by atoms with Crippen LogP contribution in [0.25, 0.3) is 0 Å². The van der Waals surface area contributed by atoms with Gasteiger partial charge in [-0.1, -0.05) is 0 Å². The molecule has 1 amide bonds. The van der Waals surface area contributed by atoms with Gasteiger partial charge in [-0.3, -0.25) is 14.5 Å². The van der Waals surface area contributed by atoms with Crippen LogP contribution >= 0.6 is 0 Å². The molecule has 7 nitrogen and oxygen atoms in total. The minimum atomic E-state index is -0.155. The zero-order valence-electron chi connectivity index (χ0n) is 14.5. The number of nitrogens with one attached hydrogen (secondary N) is 2. The van der Waals surface area contributed by atoms with Crippen LogP contribution in [-0.2, 0) is 17.8 Å². The van der Waals surface area contributed by atoms with Gasteiger partial charge in [-0.2, -0.15) is 0 Å². The van der Waals surface area contributed by atoms with Crippen molar-refractivity contribution in [2.75, 3.05) is 19.6 Å². The molecule has 25 heavy (non-hydrogen) atoms. The van der Waals surface area contributed by atoms with Crippen molar-refractivity contribution in [3.8, 4) is 0 Å². The van der Waals surface area contributed by atoms with Gasteiger partial charge < -0.3 is 14.7 Å². The van der Waals surface area contributed by atoms with Crippen molar-refractivity contribution in [2.24, 2.45) is 5.92 Å². The summed E-state index contributed by atoms with van der Waals surface area (Å²) in [5.74, 6) is 1.71. The van der Waals surface area contributed by atoms with Crippen LogP contribution in [0.5, 0.6) is 0 Å². The molecule has 0 radical (unpaired) electrons. The van der Waals surface area contributed by atoms with Gasteiger partial charge in [-0.05, 0) is 45.0 Å². The first-order chi connectivity index (χ1) is 12.1. The Morgan fingerprint density at radius 3 is 2.92 bits per heavy atom. The minimum Gasteiger partial charge on any atom is -0.468 e. The fourth-order valence-electron chi connectivity index (χ4n) is 3.18. The normalized spacial score (nSPS) is 16.0. The van der Waals surface area contributed by atoms with E-state index in [1.807, 2.05) is 12.1 Å². The average Bonchev–Trinajstić information content (AvgIpc) is 3.07. The smallest absolute Gasteiger partial charge is 0.251 e. The summed E-state index contributed by atoms with van der Waals surface area (Å²) in [5.41, 5.74) is 0.534. The molecule has 0 bridgehead atoms. The number of piperidine rings is 1. The highest BCUT2D eigenvalue weighted by Gasteiger charge is 2.25. The van der Waals surface area contributed by atoms with Crippen LogP contribution in [0.3, 0.4) is 0 Å². The second-order valence-corrected chi connectivity index (χ2v) is 6.50. The maximum absolute atomic E-state index is 12.3. The van der Waals surface area contributed by atoms with E-state index in [-0.39, 0.29) is 17.4 Å². The Kier molecular flexibility index (Phi) is 5.65. The van der Waals surface area contributed by atoms with Crippen molar-refractivity contribution < 1.29 is 9.21 Å². The molecule has 0 aromatic carbocycles. The Morgan fingerprint density at radius 2 is 2.24 bits per heavy atom. The van der Waals surface area contributed by atoms with Crippen LogP contribution < -0.4 is 10.9 Å². The molecule has 2 N–H and O–H groups in total. The summed E-state index contributed by atoms with van der Waals surface area (Å²) >= 11 is 0. The summed E-state index contributed by atoms with van der Waals surface area (Å²) < 4.78 is 5.37. The van der Waals surface area contributed by atoms with Crippen molar-refractivity contribution in [3.05, 3.63) is 52.1 Å². The SMILES string of the molecule is Cc1cc(=O)[nH]c(CCNC(=O)C2CCN(Cc3ccco3)CC2)n1. The molecule has 134 valence electrons. The van der Waals surface area contributed by atoms with E-state index < -0.39 is 0 Å². The predicted molar refractivity (Wildman–Crippen MR) is 93.0 cm³/mol. The summed E-state index contributed by atoms with van der Waals surface area (Å²) in [4.78, 5) is 33.0. The van der Waals surface area contributed by atoms with Gasteiger partial charge in [-0.25, -0.2) is 4.98 Å². The van der Waals surface area contributed by atoms with Crippen LogP contribution in [0.15, 0.2) is 33.7 Å². The number of nitrogens with zero attached hydrogens (tertiary/aromatic N) is 2. The fourth-order valence-corrected chi connectivity index (χ4v) is 3.18. The van der Waals surface area contributed by atoms with E-state index in [9.17, 15) is 9.59 Å². The third kappa shape index (κ3) is 5.03. The van der Waals surface area contributed by atoms with Crippen molar-refractivity contribution in [1.29, 1.82) is 0 Å². The second-order valence-electron chi connectivity index (χ2n) is 6.50. The van der Waals surface area contributed by atoms with Gasteiger partial charge in [0.2, 0.25) is 5.91 Å². The van der Waals surface area contributed by atoms with E-state index in [1.54, 1.807) is 13.2 Å². The Bertz CT molecular complexity index is 746. The zero-order chi connectivity index (χ0) is 17.6. The largest absolute Gasteiger partial charge is 0.468 e. The number of hydrogen-bond donors (Lipinski definition) is 2. The molecule has 2 aromatic heterocycles. The van der Waals surface area contributed by atoms with E-state index in [4.69, 9.17) is 4.42 Å². The summed E-state index contributed by atoms with van der Waals surface area (Å²) in [5, 5.41) is 2.96. The third-order valence-electron chi connectivity index (χ3n) is 4.50. The number of hydrogen-bond acceptors (Lipinski definition) is 5. The molecule has 7 heteroatoms. The highest BCUT2D eigenvalue weighted by molar-refractivity contribution is 5.78. The van der Waals surface area contributed by atoms with Crippen LogP contribution in [0.2, 0.25) is 0 Å². The van der Waals surface area contributed by atoms with Crippen molar-refractivity contribution >= 4 is 5.91 Å². The lowest BCUT2D eigenvalue weighted by atomic mass is 9.96. The Labute approximate surface area is 146 Å². The molecular weight excluding hydrogens is 320 g/mol.